The first-order valence-corrected chi connectivity index (χ1v) is 10.6. The van der Waals surface area contributed by atoms with E-state index in [1.54, 1.807) is 0 Å². The van der Waals surface area contributed by atoms with Crippen LogP contribution >= 0.6 is 0 Å². The average molecular weight is 404 g/mol. The third-order valence-electron chi connectivity index (χ3n) is 3.99. The minimum Gasteiger partial charge on any atom is -0.383 e. The number of nitrogens with two attached hydrogens (primary N) is 1. The van der Waals surface area contributed by atoms with E-state index in [0.29, 0.717) is 6.42 Å². The average Bonchev–Trinajstić information content (AvgIpc) is 2.53. The lowest BCUT2D eigenvalue weighted by Crippen LogP contribution is -2.46. The van der Waals surface area contributed by atoms with Crippen LogP contribution in [0.15, 0.2) is 9.59 Å². The lowest BCUT2D eigenvalue weighted by Gasteiger charge is -2.26. The number of hydrogen-bond acceptors (Lipinski definition) is 6. The fourth-order valence-electron chi connectivity index (χ4n) is 2.46. The summed E-state index contributed by atoms with van der Waals surface area (Å²) in [7, 11) is -2.30. The topological polar surface area (TPSA) is 139 Å². The number of amides is 1. The first-order valence-electron chi connectivity index (χ1n) is 8.74. The Balaban J connectivity index is 3.45. The van der Waals surface area contributed by atoms with E-state index in [9.17, 15) is 22.8 Å². The van der Waals surface area contributed by atoms with Crippen LogP contribution in [0.2, 0.25) is 0 Å². The molecular weight excluding hydrogens is 374 g/mol. The van der Waals surface area contributed by atoms with Gasteiger partial charge in [-0.15, -0.1) is 0 Å². The highest BCUT2D eigenvalue weighted by molar-refractivity contribution is 7.88. The number of nitrogens with zero attached hydrogens (tertiary/aromatic N) is 3. The maximum atomic E-state index is 12.8. The van der Waals surface area contributed by atoms with Crippen molar-refractivity contribution in [3.63, 3.8) is 0 Å². The number of aromatic nitrogens is 2. The molecule has 0 atom stereocenters. The fourth-order valence-corrected chi connectivity index (χ4v) is 2.80. The van der Waals surface area contributed by atoms with E-state index < -0.39 is 33.7 Å². The number of likely N-dealkylation sites (N-methyl/N-ethyl adjacent to an activating group) is 1. The molecule has 0 unspecified atom stereocenters. The summed E-state index contributed by atoms with van der Waals surface area (Å²) in [5.74, 6) is -0.618. The van der Waals surface area contributed by atoms with Gasteiger partial charge in [0.25, 0.3) is 5.56 Å². The summed E-state index contributed by atoms with van der Waals surface area (Å²) in [5.41, 5.74) is 4.53. The van der Waals surface area contributed by atoms with Crippen LogP contribution in [0.1, 0.15) is 33.6 Å². The summed E-state index contributed by atoms with van der Waals surface area (Å²) in [5, 5.41) is 0. The summed E-state index contributed by atoms with van der Waals surface area (Å²) < 4.78 is 25.3. The van der Waals surface area contributed by atoms with Gasteiger partial charge in [0.2, 0.25) is 15.9 Å². The van der Waals surface area contributed by atoms with Crippen LogP contribution in [-0.4, -0.2) is 54.6 Å². The van der Waals surface area contributed by atoms with Crippen molar-refractivity contribution in [1.82, 2.24) is 13.9 Å². The Morgan fingerprint density at radius 2 is 1.89 bits per heavy atom. The molecule has 0 spiro atoms. The number of nitrogen functional groups attached to an aromatic ring is 1. The molecule has 0 bridgehead atoms. The van der Waals surface area contributed by atoms with E-state index in [1.165, 1.54) is 11.6 Å². The molecule has 0 aliphatic heterocycles. The lowest BCUT2D eigenvalue weighted by molar-refractivity contribution is -0.118. The van der Waals surface area contributed by atoms with Crippen LogP contribution in [0.3, 0.4) is 0 Å². The first-order chi connectivity index (χ1) is 12.4. The summed E-state index contributed by atoms with van der Waals surface area (Å²) >= 11 is 0. The van der Waals surface area contributed by atoms with Gasteiger partial charge in [-0.3, -0.25) is 19.1 Å². The second-order valence-corrected chi connectivity index (χ2v) is 9.00. The summed E-state index contributed by atoms with van der Waals surface area (Å²) in [6.45, 7) is 5.70. The van der Waals surface area contributed by atoms with Gasteiger partial charge < -0.3 is 10.6 Å². The second-order valence-electron chi connectivity index (χ2n) is 6.92. The molecule has 1 amide bonds. The van der Waals surface area contributed by atoms with Crippen molar-refractivity contribution in [2.24, 2.45) is 5.92 Å². The molecule has 0 saturated carbocycles. The van der Waals surface area contributed by atoms with Gasteiger partial charge >= 0.3 is 5.69 Å². The van der Waals surface area contributed by atoms with Crippen molar-refractivity contribution in [3.05, 3.63) is 20.8 Å². The first kappa shape index (κ1) is 22.9. The number of carbonyl (C=O) groups is 1. The summed E-state index contributed by atoms with van der Waals surface area (Å²) in [4.78, 5) is 40.6. The van der Waals surface area contributed by atoms with Crippen LogP contribution in [0.5, 0.6) is 0 Å². The number of nitrogens with one attached hydrogen (secondary N) is 1. The predicted molar refractivity (Wildman–Crippen MR) is 105 cm³/mol. The maximum absolute atomic E-state index is 12.8. The van der Waals surface area contributed by atoms with Crippen LogP contribution in [0, 0.1) is 5.92 Å². The van der Waals surface area contributed by atoms with E-state index in [2.05, 4.69) is 4.98 Å². The number of H-pyrrole nitrogens is 1. The molecular formula is C16H29N5O5S. The Morgan fingerprint density at radius 3 is 2.37 bits per heavy atom. The van der Waals surface area contributed by atoms with Gasteiger partial charge in [-0.2, -0.15) is 4.31 Å². The molecule has 0 aromatic carbocycles. The van der Waals surface area contributed by atoms with Gasteiger partial charge in [0.1, 0.15) is 5.82 Å². The standard InChI is InChI=1S/C16H29N5O5S/c1-6-7-8-20(12(22)10-19(4)27(5,25)26)13-14(17)21(9-11(2)3)16(24)18-15(13)23/h11H,6-10,17H2,1-5H3,(H,18,23,24). The van der Waals surface area contributed by atoms with E-state index in [4.69, 9.17) is 5.73 Å². The van der Waals surface area contributed by atoms with E-state index in [-0.39, 0.29) is 30.5 Å². The molecule has 1 heterocycles. The van der Waals surface area contributed by atoms with E-state index >= 15 is 0 Å². The van der Waals surface area contributed by atoms with Crippen molar-refractivity contribution >= 4 is 27.4 Å². The van der Waals surface area contributed by atoms with Crippen molar-refractivity contribution < 1.29 is 13.2 Å². The normalized spacial score (nSPS) is 12.0. The highest BCUT2D eigenvalue weighted by Crippen LogP contribution is 2.19. The Labute approximate surface area is 159 Å². The Hall–Kier alpha value is -2.14. The van der Waals surface area contributed by atoms with Gasteiger partial charge in [0, 0.05) is 20.1 Å². The van der Waals surface area contributed by atoms with Crippen molar-refractivity contribution in [2.45, 2.75) is 40.2 Å². The molecule has 1 aromatic rings. The van der Waals surface area contributed by atoms with Crippen LogP contribution in [-0.2, 0) is 21.4 Å². The number of rotatable bonds is 9. The SMILES string of the molecule is CCCCN(C(=O)CN(C)S(C)(=O)=O)c1c(N)n(CC(C)C)c(=O)[nH]c1=O. The molecule has 0 fully saturated rings. The molecule has 0 saturated heterocycles. The fraction of sp³-hybridized carbons (Fsp3) is 0.688. The van der Waals surface area contributed by atoms with Crippen LogP contribution in [0.4, 0.5) is 11.5 Å². The summed E-state index contributed by atoms with van der Waals surface area (Å²) in [6, 6.07) is 0. The smallest absolute Gasteiger partial charge is 0.330 e. The molecule has 154 valence electrons. The van der Waals surface area contributed by atoms with Crippen molar-refractivity contribution in [3.8, 4) is 0 Å². The Kier molecular flexibility index (Phi) is 7.78. The third kappa shape index (κ3) is 5.93. The molecule has 0 radical (unpaired) electrons. The number of unbranched alkanes of at least 4 members (excludes halogenated alkanes) is 1. The second kappa shape index (κ2) is 9.18. The van der Waals surface area contributed by atoms with Gasteiger partial charge in [-0.25, -0.2) is 13.2 Å². The minimum atomic E-state index is -3.57. The van der Waals surface area contributed by atoms with Crippen molar-refractivity contribution in [2.75, 3.05) is 37.0 Å². The molecule has 10 nitrogen and oxygen atoms in total. The highest BCUT2D eigenvalue weighted by Gasteiger charge is 2.26. The maximum Gasteiger partial charge on any atom is 0.330 e. The van der Waals surface area contributed by atoms with Gasteiger partial charge in [-0.1, -0.05) is 27.2 Å². The minimum absolute atomic E-state index is 0.0833. The third-order valence-corrected chi connectivity index (χ3v) is 5.25. The number of hydrogen-bond donors (Lipinski definition) is 2. The molecule has 3 N–H and O–H groups in total. The highest BCUT2D eigenvalue weighted by atomic mass is 32.2. The number of sulfonamides is 1. The van der Waals surface area contributed by atoms with Gasteiger partial charge in [0.15, 0.2) is 5.69 Å². The van der Waals surface area contributed by atoms with Crippen LogP contribution in [0.25, 0.3) is 0 Å². The van der Waals surface area contributed by atoms with Gasteiger partial charge in [-0.05, 0) is 12.3 Å². The van der Waals surface area contributed by atoms with Gasteiger partial charge in [0.05, 0.1) is 12.8 Å². The Morgan fingerprint density at radius 1 is 1.30 bits per heavy atom. The van der Waals surface area contributed by atoms with Crippen LogP contribution < -0.4 is 21.9 Å². The molecule has 11 heteroatoms. The van der Waals surface area contributed by atoms with Crippen molar-refractivity contribution in [1.29, 1.82) is 0 Å². The monoisotopic (exact) mass is 403 g/mol. The number of aromatic amines is 1. The molecule has 0 aliphatic rings. The molecule has 1 aromatic heterocycles. The Bertz CT molecular complexity index is 887. The number of carbonyl (C=O) groups excluding carboxylic acids is 1. The zero-order chi connectivity index (χ0) is 20.9. The zero-order valence-corrected chi connectivity index (χ0v) is 17.3. The zero-order valence-electron chi connectivity index (χ0n) is 16.5. The van der Waals surface area contributed by atoms with E-state index in [1.807, 2.05) is 20.8 Å². The molecule has 0 aliphatic carbocycles. The predicted octanol–water partition coefficient (Wildman–Crippen LogP) is -0.201. The summed E-state index contributed by atoms with van der Waals surface area (Å²) in [6.07, 6.45) is 2.31. The lowest BCUT2D eigenvalue weighted by atomic mass is 10.2. The van der Waals surface area contributed by atoms with E-state index in [0.717, 1.165) is 21.9 Å². The number of anilines is 2. The molecule has 1 rings (SSSR count). The quantitative estimate of drug-likeness (QED) is 0.585. The molecule has 27 heavy (non-hydrogen) atoms. The largest absolute Gasteiger partial charge is 0.383 e.